The van der Waals surface area contributed by atoms with Crippen molar-refractivity contribution in [1.29, 1.82) is 0 Å². The number of aryl methyl sites for hydroxylation is 1. The SMILES string of the molecule is CCc1nc(-c2c(F)cc(C=NN=C3SCC(=O)N3c3ccccc3C(C)C)cc2F)nn1-c1ccc(OC(F)(F)F)cc1. The van der Waals surface area contributed by atoms with Crippen molar-refractivity contribution in [1.82, 2.24) is 14.8 Å². The second kappa shape index (κ2) is 12.6. The molecule has 8 nitrogen and oxygen atoms in total. The number of halogens is 5. The zero-order valence-corrected chi connectivity index (χ0v) is 24.5. The van der Waals surface area contributed by atoms with Gasteiger partial charge in [-0.25, -0.2) is 18.4 Å². The molecule has 0 spiro atoms. The van der Waals surface area contributed by atoms with Gasteiger partial charge in [0, 0.05) is 12.0 Å². The summed E-state index contributed by atoms with van der Waals surface area (Å²) in [6.45, 7) is 5.79. The predicted octanol–water partition coefficient (Wildman–Crippen LogP) is 7.27. The zero-order valence-electron chi connectivity index (χ0n) is 23.6. The minimum Gasteiger partial charge on any atom is -0.406 e. The van der Waals surface area contributed by atoms with Crippen molar-refractivity contribution in [3.8, 4) is 22.8 Å². The summed E-state index contributed by atoms with van der Waals surface area (Å²) >= 11 is 1.21. The molecule has 228 valence electrons. The minimum absolute atomic E-state index is 0.0759. The third kappa shape index (κ3) is 6.64. The molecule has 4 aromatic rings. The topological polar surface area (TPSA) is 85.0 Å². The molecule has 0 bridgehead atoms. The van der Waals surface area contributed by atoms with Gasteiger partial charge in [-0.1, -0.05) is 50.7 Å². The van der Waals surface area contributed by atoms with Crippen molar-refractivity contribution in [2.24, 2.45) is 10.2 Å². The van der Waals surface area contributed by atoms with E-state index in [9.17, 15) is 18.0 Å². The van der Waals surface area contributed by atoms with Crippen LogP contribution in [0.5, 0.6) is 5.75 Å². The number of carbonyl (C=O) groups is 1. The minimum atomic E-state index is -4.84. The van der Waals surface area contributed by atoms with Crippen molar-refractivity contribution in [2.45, 2.75) is 39.5 Å². The van der Waals surface area contributed by atoms with Gasteiger partial charge in [-0.15, -0.1) is 23.4 Å². The van der Waals surface area contributed by atoms with Crippen LogP contribution in [-0.2, 0) is 11.2 Å². The molecule has 2 heterocycles. The fourth-order valence-corrected chi connectivity index (χ4v) is 5.37. The Morgan fingerprint density at radius 3 is 2.39 bits per heavy atom. The van der Waals surface area contributed by atoms with Gasteiger partial charge in [-0.05, 0) is 53.9 Å². The van der Waals surface area contributed by atoms with E-state index in [0.717, 1.165) is 29.8 Å². The fourth-order valence-electron chi connectivity index (χ4n) is 4.55. The maximum atomic E-state index is 15.2. The van der Waals surface area contributed by atoms with Gasteiger partial charge in [-0.3, -0.25) is 9.69 Å². The maximum Gasteiger partial charge on any atom is 0.573 e. The Labute approximate surface area is 253 Å². The summed E-state index contributed by atoms with van der Waals surface area (Å²) in [5.41, 5.74) is 1.60. The zero-order chi connectivity index (χ0) is 31.6. The number of amidine groups is 1. The van der Waals surface area contributed by atoms with Crippen molar-refractivity contribution in [3.63, 3.8) is 0 Å². The molecule has 1 aliphatic rings. The quantitative estimate of drug-likeness (QED) is 0.116. The van der Waals surface area contributed by atoms with E-state index >= 15 is 8.78 Å². The first-order valence-corrected chi connectivity index (χ1v) is 14.4. The molecule has 1 amide bonds. The fraction of sp³-hybridized carbons (Fsp3) is 0.233. The molecule has 44 heavy (non-hydrogen) atoms. The van der Waals surface area contributed by atoms with Gasteiger partial charge in [0.1, 0.15) is 23.2 Å². The number of alkyl halides is 3. The van der Waals surface area contributed by atoms with Gasteiger partial charge in [-0.2, -0.15) is 5.10 Å². The van der Waals surface area contributed by atoms with E-state index in [-0.39, 0.29) is 29.0 Å². The van der Waals surface area contributed by atoms with Crippen molar-refractivity contribution in [3.05, 3.63) is 89.2 Å². The largest absolute Gasteiger partial charge is 0.573 e. The molecule has 0 unspecified atom stereocenters. The van der Waals surface area contributed by atoms with Crippen LogP contribution in [0.2, 0.25) is 0 Å². The lowest BCUT2D eigenvalue weighted by atomic mass is 10.0. The molecular formula is C30H25F5N6O2S. The number of rotatable bonds is 8. The summed E-state index contributed by atoms with van der Waals surface area (Å²) in [6, 6.07) is 14.5. The Hall–Kier alpha value is -4.59. The van der Waals surface area contributed by atoms with Gasteiger partial charge >= 0.3 is 6.36 Å². The lowest BCUT2D eigenvalue weighted by Gasteiger charge is -2.20. The second-order valence-electron chi connectivity index (χ2n) is 9.88. The first-order chi connectivity index (χ1) is 20.9. The summed E-state index contributed by atoms with van der Waals surface area (Å²) in [4.78, 5) is 18.4. The molecule has 5 rings (SSSR count). The van der Waals surface area contributed by atoms with E-state index in [4.69, 9.17) is 0 Å². The number of carbonyl (C=O) groups excluding carboxylic acids is 1. The number of amides is 1. The highest BCUT2D eigenvalue weighted by atomic mass is 32.2. The lowest BCUT2D eigenvalue weighted by molar-refractivity contribution is -0.274. The molecule has 1 saturated heterocycles. The Bertz CT molecular complexity index is 1730. The van der Waals surface area contributed by atoms with Crippen LogP contribution < -0.4 is 9.64 Å². The monoisotopic (exact) mass is 628 g/mol. The number of thioether (sulfide) groups is 1. The third-order valence-corrected chi connectivity index (χ3v) is 7.42. The number of ether oxygens (including phenoxy) is 1. The van der Waals surface area contributed by atoms with Crippen molar-refractivity contribution in [2.75, 3.05) is 10.7 Å². The van der Waals surface area contributed by atoms with E-state index in [1.165, 1.54) is 39.7 Å². The summed E-state index contributed by atoms with van der Waals surface area (Å²) in [6.07, 6.45) is -3.35. The Morgan fingerprint density at radius 2 is 1.75 bits per heavy atom. The van der Waals surface area contributed by atoms with Crippen LogP contribution in [0.15, 0.2) is 70.9 Å². The summed E-state index contributed by atoms with van der Waals surface area (Å²) in [5, 5.41) is 12.7. The predicted molar refractivity (Wildman–Crippen MR) is 158 cm³/mol. The Morgan fingerprint density at radius 1 is 1.07 bits per heavy atom. The normalized spacial score (nSPS) is 14.9. The molecule has 0 radical (unpaired) electrons. The number of nitrogens with zero attached hydrogens (tertiary/aromatic N) is 6. The molecule has 0 saturated carbocycles. The van der Waals surface area contributed by atoms with Crippen LogP contribution in [0.3, 0.4) is 0 Å². The standard InChI is InChI=1S/C30H25F5N6O2S/c1-4-25-37-28(39-41(25)19-9-11-20(12-10-19)43-30(33,34)35)27-22(31)13-18(14-23(27)32)15-36-38-29-40(26(42)16-44-29)24-8-6-5-7-21(24)17(2)3/h5-15,17H,4,16H2,1-3H3. The van der Waals surface area contributed by atoms with E-state index in [1.54, 1.807) is 6.92 Å². The van der Waals surface area contributed by atoms with Crippen molar-refractivity contribution >= 4 is 34.7 Å². The molecule has 14 heteroatoms. The number of para-hydroxylation sites is 1. The van der Waals surface area contributed by atoms with Gasteiger partial charge in [0.25, 0.3) is 0 Å². The molecule has 3 aromatic carbocycles. The average Bonchev–Trinajstić information content (AvgIpc) is 3.55. The summed E-state index contributed by atoms with van der Waals surface area (Å²) < 4.78 is 73.1. The Balaban J connectivity index is 1.39. The molecule has 0 atom stereocenters. The number of aromatic nitrogens is 3. The molecule has 1 aliphatic heterocycles. The van der Waals surface area contributed by atoms with Gasteiger partial charge in [0.05, 0.1) is 28.9 Å². The number of benzene rings is 3. The first kappa shape index (κ1) is 30.9. The van der Waals surface area contributed by atoms with Gasteiger partial charge in [0.2, 0.25) is 5.91 Å². The number of anilines is 1. The molecule has 1 aromatic heterocycles. The van der Waals surface area contributed by atoms with Crippen LogP contribution >= 0.6 is 11.8 Å². The van der Waals surface area contributed by atoms with Crippen LogP contribution in [-0.4, -0.2) is 44.2 Å². The highest BCUT2D eigenvalue weighted by Gasteiger charge is 2.32. The van der Waals surface area contributed by atoms with E-state index in [0.29, 0.717) is 28.8 Å². The van der Waals surface area contributed by atoms with E-state index < -0.39 is 29.3 Å². The number of hydrogen-bond acceptors (Lipinski definition) is 7. The molecule has 0 N–H and O–H groups in total. The smallest absolute Gasteiger partial charge is 0.406 e. The van der Waals surface area contributed by atoms with Crippen LogP contribution in [0, 0.1) is 11.6 Å². The second-order valence-corrected chi connectivity index (χ2v) is 10.8. The lowest BCUT2D eigenvalue weighted by Crippen LogP contribution is -2.30. The summed E-state index contributed by atoms with van der Waals surface area (Å²) in [7, 11) is 0. The number of hydrogen-bond donors (Lipinski definition) is 0. The highest BCUT2D eigenvalue weighted by molar-refractivity contribution is 8.15. The third-order valence-electron chi connectivity index (χ3n) is 6.51. The van der Waals surface area contributed by atoms with Gasteiger partial charge in [0.15, 0.2) is 11.0 Å². The Kier molecular flexibility index (Phi) is 8.81. The summed E-state index contributed by atoms with van der Waals surface area (Å²) in [5.74, 6) is -2.05. The van der Waals surface area contributed by atoms with E-state index in [1.807, 2.05) is 38.1 Å². The van der Waals surface area contributed by atoms with Crippen LogP contribution in [0.4, 0.5) is 27.6 Å². The molecule has 1 fully saturated rings. The molecule has 0 aliphatic carbocycles. The highest BCUT2D eigenvalue weighted by Crippen LogP contribution is 2.33. The van der Waals surface area contributed by atoms with Gasteiger partial charge < -0.3 is 4.74 Å². The first-order valence-electron chi connectivity index (χ1n) is 13.4. The van der Waals surface area contributed by atoms with Crippen LogP contribution in [0.25, 0.3) is 17.1 Å². The van der Waals surface area contributed by atoms with E-state index in [2.05, 4.69) is 25.0 Å². The average molecular weight is 629 g/mol. The maximum absolute atomic E-state index is 15.2. The van der Waals surface area contributed by atoms with Crippen LogP contribution in [0.1, 0.15) is 43.6 Å². The molecular weight excluding hydrogens is 603 g/mol. The van der Waals surface area contributed by atoms with Crippen molar-refractivity contribution < 1.29 is 31.5 Å².